The van der Waals surface area contributed by atoms with E-state index in [1.807, 2.05) is 31.2 Å². The van der Waals surface area contributed by atoms with Crippen LogP contribution < -0.4 is 14.8 Å². The van der Waals surface area contributed by atoms with E-state index in [4.69, 9.17) is 24.3 Å². The van der Waals surface area contributed by atoms with E-state index in [1.54, 1.807) is 37.6 Å². The first-order chi connectivity index (χ1) is 16.4. The Kier molecular flexibility index (Phi) is 7.12. The van der Waals surface area contributed by atoms with Gasteiger partial charge in [-0.2, -0.15) is 4.98 Å². The predicted octanol–water partition coefficient (Wildman–Crippen LogP) is 4.75. The van der Waals surface area contributed by atoms with Gasteiger partial charge < -0.3 is 19.5 Å². The molecular formula is C25H28N4O4S. The number of nitrogens with zero attached hydrogens (tertiary/aromatic N) is 3. The van der Waals surface area contributed by atoms with Crippen LogP contribution >= 0.6 is 11.8 Å². The number of methoxy groups -OCH3 is 2. The molecule has 0 fully saturated rings. The normalized spacial score (nSPS) is 14.9. The second-order valence-electron chi connectivity index (χ2n) is 7.84. The zero-order chi connectivity index (χ0) is 24.2. The first kappa shape index (κ1) is 23.7. The minimum Gasteiger partial charge on any atom is -0.493 e. The van der Waals surface area contributed by atoms with E-state index >= 15 is 0 Å². The Balaban J connectivity index is 1.73. The fraction of sp³-hybridized carbons (Fsp3) is 0.320. The summed E-state index contributed by atoms with van der Waals surface area (Å²) < 4.78 is 18.0. The van der Waals surface area contributed by atoms with Crippen LogP contribution in [0, 0.1) is 6.92 Å². The number of nitrogens with one attached hydrogen (secondary N) is 1. The number of carbonyl (C=O) groups is 1. The van der Waals surface area contributed by atoms with Crippen molar-refractivity contribution in [1.29, 1.82) is 0 Å². The molecule has 178 valence electrons. The van der Waals surface area contributed by atoms with E-state index in [-0.39, 0.29) is 6.61 Å². The molecule has 1 aromatic heterocycles. The highest BCUT2D eigenvalue weighted by molar-refractivity contribution is 7.98. The van der Waals surface area contributed by atoms with Gasteiger partial charge in [0.05, 0.1) is 26.4 Å². The monoisotopic (exact) mass is 480 g/mol. The predicted molar refractivity (Wildman–Crippen MR) is 131 cm³/mol. The van der Waals surface area contributed by atoms with Gasteiger partial charge >= 0.3 is 5.97 Å². The molecule has 8 nitrogen and oxygen atoms in total. The van der Waals surface area contributed by atoms with Crippen molar-refractivity contribution >= 4 is 23.7 Å². The Hall–Kier alpha value is -3.46. The van der Waals surface area contributed by atoms with Crippen LogP contribution in [-0.2, 0) is 15.3 Å². The molecule has 0 unspecified atom stereocenters. The fourth-order valence-electron chi connectivity index (χ4n) is 3.95. The lowest BCUT2D eigenvalue weighted by Crippen LogP contribution is -2.29. The minimum absolute atomic E-state index is 0.274. The number of thioether (sulfide) groups is 1. The third-order valence-electron chi connectivity index (χ3n) is 5.50. The Labute approximate surface area is 203 Å². The Morgan fingerprint density at radius 2 is 1.91 bits per heavy atom. The van der Waals surface area contributed by atoms with Crippen LogP contribution in [0.25, 0.3) is 0 Å². The maximum Gasteiger partial charge on any atom is 0.338 e. The van der Waals surface area contributed by atoms with Crippen molar-refractivity contribution in [3.8, 4) is 11.5 Å². The maximum absolute atomic E-state index is 13.0. The molecule has 1 N–H and O–H groups in total. The van der Waals surface area contributed by atoms with Crippen LogP contribution in [-0.4, -0.2) is 41.6 Å². The number of carbonyl (C=O) groups excluding carboxylic acids is 1. The summed E-state index contributed by atoms with van der Waals surface area (Å²) in [5.74, 6) is 2.07. The highest BCUT2D eigenvalue weighted by atomic mass is 32.2. The topological polar surface area (TPSA) is 87.5 Å². The smallest absolute Gasteiger partial charge is 0.338 e. The average molecular weight is 481 g/mol. The summed E-state index contributed by atoms with van der Waals surface area (Å²) in [6, 6.07) is 13.4. The van der Waals surface area contributed by atoms with Gasteiger partial charge in [-0.05, 0) is 44.0 Å². The van der Waals surface area contributed by atoms with E-state index in [2.05, 4.69) is 30.4 Å². The zero-order valence-electron chi connectivity index (χ0n) is 19.9. The molecule has 0 bridgehead atoms. The Bertz CT molecular complexity index is 1240. The molecule has 0 amide bonds. The lowest BCUT2D eigenvalue weighted by molar-refractivity contribution is -0.139. The van der Waals surface area contributed by atoms with Gasteiger partial charge in [0.15, 0.2) is 11.5 Å². The molecule has 0 aliphatic carbocycles. The van der Waals surface area contributed by atoms with Crippen LogP contribution in [0.1, 0.15) is 36.6 Å². The van der Waals surface area contributed by atoms with E-state index in [0.717, 1.165) is 11.3 Å². The molecule has 2 heterocycles. The number of hydrogen-bond acceptors (Lipinski definition) is 8. The molecule has 1 aliphatic rings. The molecule has 0 spiro atoms. The quantitative estimate of drug-likeness (QED) is 0.365. The maximum atomic E-state index is 13.0. The highest BCUT2D eigenvalue weighted by Crippen LogP contribution is 2.40. The molecule has 9 heteroatoms. The number of fused-ring (bicyclic) bond motifs is 1. The van der Waals surface area contributed by atoms with Crippen molar-refractivity contribution in [2.24, 2.45) is 0 Å². The van der Waals surface area contributed by atoms with Crippen molar-refractivity contribution in [2.45, 2.75) is 37.7 Å². The van der Waals surface area contributed by atoms with Gasteiger partial charge in [-0.25, -0.2) is 9.48 Å². The lowest BCUT2D eigenvalue weighted by Gasteiger charge is -2.28. The van der Waals surface area contributed by atoms with E-state index in [1.165, 1.54) is 11.1 Å². The van der Waals surface area contributed by atoms with Crippen molar-refractivity contribution in [3.63, 3.8) is 0 Å². The van der Waals surface area contributed by atoms with Crippen molar-refractivity contribution < 1.29 is 19.0 Å². The van der Waals surface area contributed by atoms with Crippen LogP contribution in [0.15, 0.2) is 58.9 Å². The summed E-state index contributed by atoms with van der Waals surface area (Å²) in [7, 11) is 3.17. The number of ether oxygens (including phenoxy) is 3. The summed E-state index contributed by atoms with van der Waals surface area (Å²) in [5, 5.41) is 8.61. The molecule has 1 aliphatic heterocycles. The minimum atomic E-state index is -0.532. The number of aromatic nitrogens is 3. The first-order valence-corrected chi connectivity index (χ1v) is 12.0. The summed E-state index contributed by atoms with van der Waals surface area (Å²) in [4.78, 5) is 17.7. The van der Waals surface area contributed by atoms with Gasteiger partial charge in [0.2, 0.25) is 11.1 Å². The van der Waals surface area contributed by atoms with Gasteiger partial charge in [-0.3, -0.25) is 0 Å². The summed E-state index contributed by atoms with van der Waals surface area (Å²) in [5.41, 5.74) is 4.37. The third-order valence-corrected chi connectivity index (χ3v) is 6.41. The second kappa shape index (κ2) is 10.2. The number of anilines is 1. The standard InChI is InChI=1S/C25H28N4O4S/c1-6-33-23(30)21-16(3)26-24-27-25(34-14-17-9-7-8-15(2)12-17)28-29(24)22(21)18-10-11-19(31-4)20(13-18)32-5/h7-13,22H,6,14H2,1-5H3,(H,26,27,28)/t22-/m1/s1. The average Bonchev–Trinajstić information content (AvgIpc) is 3.24. The molecule has 3 aromatic rings. The number of allylic oxidation sites excluding steroid dienone is 1. The molecular weight excluding hydrogens is 452 g/mol. The van der Waals surface area contributed by atoms with Crippen LogP contribution in [0.4, 0.5) is 5.95 Å². The van der Waals surface area contributed by atoms with Gasteiger partial charge in [-0.1, -0.05) is 47.7 Å². The molecule has 2 aromatic carbocycles. The number of aryl methyl sites for hydroxylation is 1. The largest absolute Gasteiger partial charge is 0.493 e. The molecule has 0 saturated carbocycles. The van der Waals surface area contributed by atoms with Crippen LogP contribution in [0.5, 0.6) is 11.5 Å². The van der Waals surface area contributed by atoms with Crippen molar-refractivity contribution in [2.75, 3.05) is 26.1 Å². The Morgan fingerprint density at radius 3 is 2.62 bits per heavy atom. The Morgan fingerprint density at radius 1 is 1.12 bits per heavy atom. The van der Waals surface area contributed by atoms with Crippen LogP contribution in [0.3, 0.4) is 0 Å². The first-order valence-electron chi connectivity index (χ1n) is 11.0. The van der Waals surface area contributed by atoms with E-state index < -0.39 is 12.0 Å². The van der Waals surface area contributed by atoms with Crippen molar-refractivity contribution in [1.82, 2.24) is 14.8 Å². The molecule has 0 saturated heterocycles. The summed E-state index contributed by atoms with van der Waals surface area (Å²) in [6.45, 7) is 5.98. The molecule has 0 radical (unpaired) electrons. The van der Waals surface area contributed by atoms with Gasteiger partial charge in [0.25, 0.3) is 0 Å². The highest BCUT2D eigenvalue weighted by Gasteiger charge is 2.35. The number of esters is 1. The van der Waals surface area contributed by atoms with Gasteiger partial charge in [-0.15, -0.1) is 5.10 Å². The summed E-state index contributed by atoms with van der Waals surface area (Å²) >= 11 is 1.55. The molecule has 34 heavy (non-hydrogen) atoms. The SMILES string of the molecule is CCOC(=O)C1=C(C)Nc2nc(SCc3cccc(C)c3)nn2[C@@H]1c1ccc(OC)c(OC)c1. The lowest BCUT2D eigenvalue weighted by atomic mass is 9.95. The number of hydrogen-bond donors (Lipinski definition) is 1. The third kappa shape index (κ3) is 4.75. The number of rotatable bonds is 8. The van der Waals surface area contributed by atoms with Gasteiger partial charge in [0, 0.05) is 11.4 Å². The molecule has 4 rings (SSSR count). The summed E-state index contributed by atoms with van der Waals surface area (Å²) in [6.07, 6.45) is 0. The zero-order valence-corrected chi connectivity index (χ0v) is 20.7. The van der Waals surface area contributed by atoms with Crippen molar-refractivity contribution in [3.05, 3.63) is 70.4 Å². The number of benzene rings is 2. The van der Waals surface area contributed by atoms with Crippen LogP contribution in [0.2, 0.25) is 0 Å². The van der Waals surface area contributed by atoms with E-state index in [0.29, 0.717) is 33.9 Å². The van der Waals surface area contributed by atoms with Gasteiger partial charge in [0.1, 0.15) is 6.04 Å². The van der Waals surface area contributed by atoms with E-state index in [9.17, 15) is 4.79 Å². The molecule has 1 atom stereocenters. The fourth-order valence-corrected chi connectivity index (χ4v) is 4.72. The second-order valence-corrected chi connectivity index (χ2v) is 8.78.